The lowest BCUT2D eigenvalue weighted by molar-refractivity contribution is 0.394. The molecule has 0 bridgehead atoms. The average Bonchev–Trinajstić information content (AvgIpc) is 2.89. The lowest BCUT2D eigenvalue weighted by atomic mass is 10.1. The third-order valence-corrected chi connectivity index (χ3v) is 3.70. The molecule has 3 aromatic rings. The molecule has 0 aliphatic heterocycles. The summed E-state index contributed by atoms with van der Waals surface area (Å²) in [6.07, 6.45) is 1.59. The number of nitrogen functional groups attached to an aromatic ring is 1. The van der Waals surface area contributed by atoms with Crippen LogP contribution in [0.2, 0.25) is 0 Å². The smallest absolute Gasteiger partial charge is 0.143 e. The van der Waals surface area contributed by atoms with E-state index in [-0.39, 0.29) is 5.75 Å². The first-order valence-corrected chi connectivity index (χ1v) is 7.12. The number of aromatic nitrogens is 1. The Kier molecular flexibility index (Phi) is 3.85. The van der Waals surface area contributed by atoms with Crippen LogP contribution in [0.3, 0.4) is 0 Å². The first-order valence-electron chi connectivity index (χ1n) is 7.12. The molecule has 5 nitrogen and oxygen atoms in total. The molecule has 1 aromatic heterocycles. The number of methoxy groups -OCH3 is 2. The molecule has 0 amide bonds. The van der Waals surface area contributed by atoms with Crippen LogP contribution in [-0.4, -0.2) is 23.9 Å². The zero-order chi connectivity index (χ0) is 16.4. The van der Waals surface area contributed by atoms with Gasteiger partial charge in [-0.05, 0) is 5.56 Å². The minimum absolute atomic E-state index is 0.121. The maximum Gasteiger partial charge on any atom is 0.143 e. The molecule has 0 aliphatic rings. The summed E-state index contributed by atoms with van der Waals surface area (Å²) in [6.45, 7) is 0. The molecule has 23 heavy (non-hydrogen) atoms. The van der Waals surface area contributed by atoms with E-state index in [1.54, 1.807) is 31.0 Å². The van der Waals surface area contributed by atoms with Crippen LogP contribution in [0.25, 0.3) is 16.8 Å². The largest absolute Gasteiger partial charge is 0.506 e. The van der Waals surface area contributed by atoms with Crippen LogP contribution in [0.5, 0.6) is 17.2 Å². The summed E-state index contributed by atoms with van der Waals surface area (Å²) < 4.78 is 12.3. The molecule has 3 rings (SSSR count). The Balaban J connectivity index is 2.16. The van der Waals surface area contributed by atoms with Gasteiger partial charge in [0.15, 0.2) is 0 Å². The lowest BCUT2D eigenvalue weighted by Gasteiger charge is -2.11. The number of ether oxygens (including phenoxy) is 2. The number of nitrogens with two attached hydrogens (primary N) is 1. The van der Waals surface area contributed by atoms with E-state index >= 15 is 0 Å². The fourth-order valence-corrected chi connectivity index (χ4v) is 2.55. The van der Waals surface area contributed by atoms with Gasteiger partial charge >= 0.3 is 0 Å². The van der Waals surface area contributed by atoms with E-state index < -0.39 is 0 Å². The van der Waals surface area contributed by atoms with Gasteiger partial charge in [0.1, 0.15) is 23.1 Å². The van der Waals surface area contributed by atoms with E-state index in [9.17, 15) is 5.11 Å². The van der Waals surface area contributed by atoms with Gasteiger partial charge in [-0.2, -0.15) is 0 Å². The minimum Gasteiger partial charge on any atom is -0.506 e. The van der Waals surface area contributed by atoms with Gasteiger partial charge in [0.05, 0.1) is 31.7 Å². The summed E-state index contributed by atoms with van der Waals surface area (Å²) in [5.41, 5.74) is 8.48. The van der Waals surface area contributed by atoms with Crippen LogP contribution in [0.4, 0.5) is 5.82 Å². The Bertz CT molecular complexity index is 804. The summed E-state index contributed by atoms with van der Waals surface area (Å²) in [6, 6.07) is 15.0. The van der Waals surface area contributed by atoms with Gasteiger partial charge in [-0.3, -0.25) is 4.57 Å². The predicted molar refractivity (Wildman–Crippen MR) is 90.4 cm³/mol. The normalized spacial score (nSPS) is 10.5. The monoisotopic (exact) mass is 310 g/mol. The number of aromatic hydroxyl groups is 1. The maximum absolute atomic E-state index is 10.3. The third kappa shape index (κ3) is 2.68. The van der Waals surface area contributed by atoms with Crippen molar-refractivity contribution in [2.45, 2.75) is 0 Å². The Morgan fingerprint density at radius 1 is 0.957 bits per heavy atom. The molecule has 0 radical (unpaired) electrons. The van der Waals surface area contributed by atoms with Gasteiger partial charge in [-0.1, -0.05) is 30.3 Å². The molecular weight excluding hydrogens is 292 g/mol. The number of nitrogens with zero attached hydrogens (tertiary/aromatic N) is 1. The molecule has 0 saturated carbocycles. The van der Waals surface area contributed by atoms with Crippen LogP contribution < -0.4 is 15.2 Å². The Morgan fingerprint density at radius 3 is 2.13 bits per heavy atom. The van der Waals surface area contributed by atoms with E-state index in [0.29, 0.717) is 22.9 Å². The van der Waals surface area contributed by atoms with Crippen LogP contribution in [0.1, 0.15) is 0 Å². The zero-order valence-electron chi connectivity index (χ0n) is 13.0. The molecule has 0 saturated heterocycles. The Labute approximate surface area is 134 Å². The highest BCUT2D eigenvalue weighted by atomic mass is 16.5. The SMILES string of the molecule is COc1cc(OC)cc(-n2cc(O)c(-c3ccccc3)c2N)c1. The van der Waals surface area contributed by atoms with Crippen molar-refractivity contribution in [3.05, 3.63) is 54.7 Å². The van der Waals surface area contributed by atoms with Crippen LogP contribution in [-0.2, 0) is 0 Å². The molecular formula is C18H18N2O3. The average molecular weight is 310 g/mol. The van der Waals surface area contributed by atoms with Crippen molar-refractivity contribution in [1.29, 1.82) is 0 Å². The van der Waals surface area contributed by atoms with E-state index in [4.69, 9.17) is 15.2 Å². The van der Waals surface area contributed by atoms with Gasteiger partial charge in [0.25, 0.3) is 0 Å². The fourth-order valence-electron chi connectivity index (χ4n) is 2.55. The summed E-state index contributed by atoms with van der Waals surface area (Å²) in [5, 5.41) is 10.3. The minimum atomic E-state index is 0.121. The first-order chi connectivity index (χ1) is 11.1. The van der Waals surface area contributed by atoms with Crippen molar-refractivity contribution < 1.29 is 14.6 Å². The summed E-state index contributed by atoms with van der Waals surface area (Å²) in [4.78, 5) is 0. The number of benzene rings is 2. The molecule has 0 unspecified atom stereocenters. The second kappa shape index (κ2) is 5.96. The molecule has 5 heteroatoms. The van der Waals surface area contributed by atoms with E-state index in [1.807, 2.05) is 42.5 Å². The van der Waals surface area contributed by atoms with Crippen molar-refractivity contribution in [1.82, 2.24) is 4.57 Å². The highest BCUT2D eigenvalue weighted by Crippen LogP contribution is 2.39. The zero-order valence-corrected chi connectivity index (χ0v) is 13.0. The van der Waals surface area contributed by atoms with E-state index in [0.717, 1.165) is 11.3 Å². The highest BCUT2D eigenvalue weighted by Gasteiger charge is 2.16. The van der Waals surface area contributed by atoms with Crippen molar-refractivity contribution >= 4 is 5.82 Å². The Morgan fingerprint density at radius 2 is 1.57 bits per heavy atom. The van der Waals surface area contributed by atoms with E-state index in [2.05, 4.69) is 0 Å². The van der Waals surface area contributed by atoms with Crippen LogP contribution in [0, 0.1) is 0 Å². The van der Waals surface area contributed by atoms with Gasteiger partial charge in [0.2, 0.25) is 0 Å². The van der Waals surface area contributed by atoms with E-state index in [1.165, 1.54) is 0 Å². The molecule has 0 spiro atoms. The van der Waals surface area contributed by atoms with Crippen LogP contribution in [0.15, 0.2) is 54.7 Å². The standard InChI is InChI=1S/C18H18N2O3/c1-22-14-8-13(9-15(10-14)23-2)20-11-16(21)17(18(20)19)12-6-4-3-5-7-12/h3-11,21H,19H2,1-2H3. The second-order valence-corrected chi connectivity index (χ2v) is 5.08. The van der Waals surface area contributed by atoms with Gasteiger partial charge in [0, 0.05) is 18.2 Å². The van der Waals surface area contributed by atoms with Crippen LogP contribution >= 0.6 is 0 Å². The summed E-state index contributed by atoms with van der Waals surface area (Å²) >= 11 is 0. The number of rotatable bonds is 4. The number of anilines is 1. The molecule has 0 aliphatic carbocycles. The predicted octanol–water partition coefficient (Wildman–Crippen LogP) is 3.45. The van der Waals surface area contributed by atoms with Crippen molar-refractivity contribution in [3.8, 4) is 34.1 Å². The fraction of sp³-hybridized carbons (Fsp3) is 0.111. The van der Waals surface area contributed by atoms with Gasteiger partial charge in [-0.15, -0.1) is 0 Å². The molecule has 118 valence electrons. The Hall–Kier alpha value is -3.08. The number of hydrogen-bond acceptors (Lipinski definition) is 4. The van der Waals surface area contributed by atoms with Gasteiger partial charge in [-0.25, -0.2) is 0 Å². The first kappa shape index (κ1) is 14.8. The maximum atomic E-state index is 10.3. The molecule has 0 fully saturated rings. The summed E-state index contributed by atoms with van der Waals surface area (Å²) in [5.74, 6) is 1.86. The lowest BCUT2D eigenvalue weighted by Crippen LogP contribution is -2.00. The molecule has 1 heterocycles. The van der Waals surface area contributed by atoms with Crippen molar-refractivity contribution in [2.24, 2.45) is 0 Å². The third-order valence-electron chi connectivity index (χ3n) is 3.70. The number of hydrogen-bond donors (Lipinski definition) is 2. The van der Waals surface area contributed by atoms with Crippen molar-refractivity contribution in [3.63, 3.8) is 0 Å². The highest BCUT2D eigenvalue weighted by molar-refractivity contribution is 5.82. The van der Waals surface area contributed by atoms with Gasteiger partial charge < -0.3 is 20.3 Å². The topological polar surface area (TPSA) is 69.6 Å². The quantitative estimate of drug-likeness (QED) is 0.774. The molecule has 2 aromatic carbocycles. The molecule has 0 atom stereocenters. The van der Waals surface area contributed by atoms with Crippen molar-refractivity contribution in [2.75, 3.05) is 20.0 Å². The molecule has 3 N–H and O–H groups in total. The summed E-state index contributed by atoms with van der Waals surface area (Å²) in [7, 11) is 3.18. The second-order valence-electron chi connectivity index (χ2n) is 5.08.